The Labute approximate surface area is 189 Å². The van der Waals surface area contributed by atoms with Crippen molar-refractivity contribution in [3.05, 3.63) is 53.6 Å². The van der Waals surface area contributed by atoms with Crippen molar-refractivity contribution in [2.45, 2.75) is 31.7 Å². The zero-order chi connectivity index (χ0) is 22.5. The van der Waals surface area contributed by atoms with Gasteiger partial charge in [-0.25, -0.2) is 5.01 Å². The molecule has 2 aromatic rings. The van der Waals surface area contributed by atoms with Gasteiger partial charge in [0.05, 0.1) is 39.6 Å². The topological polar surface area (TPSA) is 63.6 Å². The highest BCUT2D eigenvalue weighted by Crippen LogP contribution is 2.40. The second kappa shape index (κ2) is 10.0. The van der Waals surface area contributed by atoms with E-state index < -0.39 is 0 Å². The normalized spacial score (nSPS) is 18.9. The molecule has 2 heterocycles. The zero-order valence-electron chi connectivity index (χ0n) is 19.0. The predicted molar refractivity (Wildman–Crippen MR) is 124 cm³/mol. The largest absolute Gasteiger partial charge is 0.497 e. The molecular formula is C25H31N3O4. The molecule has 1 saturated heterocycles. The molecule has 1 amide bonds. The van der Waals surface area contributed by atoms with E-state index in [4.69, 9.17) is 19.3 Å². The van der Waals surface area contributed by atoms with E-state index in [0.29, 0.717) is 24.5 Å². The van der Waals surface area contributed by atoms with Crippen LogP contribution in [0.5, 0.6) is 17.2 Å². The van der Waals surface area contributed by atoms with Crippen LogP contribution in [-0.4, -0.2) is 62.5 Å². The molecule has 1 fully saturated rings. The van der Waals surface area contributed by atoms with Crippen molar-refractivity contribution in [1.82, 2.24) is 9.91 Å². The number of rotatable bonds is 7. The molecule has 0 aromatic heterocycles. The van der Waals surface area contributed by atoms with E-state index in [2.05, 4.69) is 4.90 Å². The van der Waals surface area contributed by atoms with Crippen molar-refractivity contribution < 1.29 is 19.0 Å². The smallest absolute Gasteiger partial charge is 0.257 e. The van der Waals surface area contributed by atoms with E-state index in [9.17, 15) is 4.79 Å². The average molecular weight is 438 g/mol. The van der Waals surface area contributed by atoms with Gasteiger partial charge in [-0.2, -0.15) is 5.10 Å². The van der Waals surface area contributed by atoms with E-state index in [1.54, 1.807) is 26.3 Å². The summed E-state index contributed by atoms with van der Waals surface area (Å²) in [7, 11) is 4.91. The summed E-state index contributed by atoms with van der Waals surface area (Å²) in [5, 5.41) is 6.45. The van der Waals surface area contributed by atoms with Crippen molar-refractivity contribution >= 4 is 11.6 Å². The number of methoxy groups -OCH3 is 3. The zero-order valence-corrected chi connectivity index (χ0v) is 19.0. The maximum Gasteiger partial charge on any atom is 0.257 e. The first kappa shape index (κ1) is 22.1. The SMILES string of the molecule is COc1ccc([C@@H]2CC(c3ccccc3OC)=NN2C(=O)CN2CCCCC2)c(OC)c1. The number of amides is 1. The lowest BCUT2D eigenvalue weighted by atomic mass is 9.97. The molecule has 170 valence electrons. The van der Waals surface area contributed by atoms with Gasteiger partial charge < -0.3 is 14.2 Å². The quantitative estimate of drug-likeness (QED) is 0.658. The maximum absolute atomic E-state index is 13.4. The number of benzene rings is 2. The van der Waals surface area contributed by atoms with E-state index in [0.717, 1.165) is 48.5 Å². The number of hydrazone groups is 1. The average Bonchev–Trinajstić information content (AvgIpc) is 3.29. The summed E-state index contributed by atoms with van der Waals surface area (Å²) < 4.78 is 16.6. The number of hydrogen-bond donors (Lipinski definition) is 0. The molecule has 0 bridgehead atoms. The Bertz CT molecular complexity index is 985. The van der Waals surface area contributed by atoms with Gasteiger partial charge in [0.25, 0.3) is 5.91 Å². The molecule has 1 atom stereocenters. The van der Waals surface area contributed by atoms with Gasteiger partial charge in [-0.05, 0) is 50.2 Å². The number of para-hydroxylation sites is 1. The molecule has 2 aliphatic heterocycles. The predicted octanol–water partition coefficient (Wildman–Crippen LogP) is 3.88. The van der Waals surface area contributed by atoms with Gasteiger partial charge in [-0.3, -0.25) is 9.69 Å². The molecule has 0 saturated carbocycles. The summed E-state index contributed by atoms with van der Waals surface area (Å²) in [6.45, 7) is 2.29. The summed E-state index contributed by atoms with van der Waals surface area (Å²) in [5.41, 5.74) is 2.65. The third kappa shape index (κ3) is 4.58. The van der Waals surface area contributed by atoms with Crippen LogP contribution in [0, 0.1) is 0 Å². The minimum Gasteiger partial charge on any atom is -0.497 e. The van der Waals surface area contributed by atoms with Gasteiger partial charge in [0.15, 0.2) is 0 Å². The first-order valence-corrected chi connectivity index (χ1v) is 11.1. The first-order valence-electron chi connectivity index (χ1n) is 11.1. The molecule has 0 radical (unpaired) electrons. The molecule has 4 rings (SSSR count). The number of nitrogens with zero attached hydrogens (tertiary/aromatic N) is 3. The number of hydrogen-bond acceptors (Lipinski definition) is 6. The van der Waals surface area contributed by atoms with E-state index in [1.165, 1.54) is 6.42 Å². The van der Waals surface area contributed by atoms with Gasteiger partial charge in [-0.15, -0.1) is 0 Å². The molecule has 0 N–H and O–H groups in total. The molecular weight excluding hydrogens is 406 g/mol. The van der Waals surface area contributed by atoms with Crippen LogP contribution < -0.4 is 14.2 Å². The number of likely N-dealkylation sites (tertiary alicyclic amines) is 1. The van der Waals surface area contributed by atoms with Crippen LogP contribution in [-0.2, 0) is 4.79 Å². The molecule has 7 heteroatoms. The standard InChI is InChI=1S/C25H31N3O4/c1-30-18-11-12-20(24(15-18)32-3)22-16-21(19-9-5-6-10-23(19)31-2)26-28(22)25(29)17-27-13-7-4-8-14-27/h5-6,9-12,15,22H,4,7-8,13-14,16-17H2,1-3H3/t22-/m0/s1. The number of carbonyl (C=O) groups is 1. The summed E-state index contributed by atoms with van der Waals surface area (Å²) in [6.07, 6.45) is 4.09. The Hall–Kier alpha value is -3.06. The second-order valence-corrected chi connectivity index (χ2v) is 8.15. The van der Waals surface area contributed by atoms with Crippen molar-refractivity contribution in [1.29, 1.82) is 0 Å². The van der Waals surface area contributed by atoms with Gasteiger partial charge in [-0.1, -0.05) is 18.6 Å². The monoisotopic (exact) mass is 437 g/mol. The minimum absolute atomic E-state index is 0.000306. The highest BCUT2D eigenvalue weighted by Gasteiger charge is 2.36. The molecule has 7 nitrogen and oxygen atoms in total. The van der Waals surface area contributed by atoms with E-state index >= 15 is 0 Å². The number of carbonyl (C=O) groups excluding carboxylic acids is 1. The molecule has 0 aliphatic carbocycles. The van der Waals surface area contributed by atoms with Crippen LogP contribution in [0.25, 0.3) is 0 Å². The Morgan fingerprint density at radius 1 is 0.969 bits per heavy atom. The van der Waals surface area contributed by atoms with E-state index in [-0.39, 0.29) is 11.9 Å². The Morgan fingerprint density at radius 2 is 1.72 bits per heavy atom. The minimum atomic E-state index is -0.256. The third-order valence-electron chi connectivity index (χ3n) is 6.19. The highest BCUT2D eigenvalue weighted by atomic mass is 16.5. The van der Waals surface area contributed by atoms with Gasteiger partial charge in [0.2, 0.25) is 0 Å². The Balaban J connectivity index is 1.68. The van der Waals surface area contributed by atoms with Crippen LogP contribution >= 0.6 is 0 Å². The first-order chi connectivity index (χ1) is 15.6. The number of ether oxygens (including phenoxy) is 3. The number of piperidine rings is 1. The highest BCUT2D eigenvalue weighted by molar-refractivity contribution is 6.05. The lowest BCUT2D eigenvalue weighted by Gasteiger charge is -2.29. The van der Waals surface area contributed by atoms with Crippen LogP contribution in [0.3, 0.4) is 0 Å². The van der Waals surface area contributed by atoms with Crippen molar-refractivity contribution in [2.75, 3.05) is 41.0 Å². The van der Waals surface area contributed by atoms with E-state index in [1.807, 2.05) is 42.5 Å². The Morgan fingerprint density at radius 3 is 2.44 bits per heavy atom. The fourth-order valence-corrected chi connectivity index (χ4v) is 4.50. The summed E-state index contributed by atoms with van der Waals surface area (Å²) in [6, 6.07) is 13.2. The van der Waals surface area contributed by atoms with Crippen molar-refractivity contribution in [2.24, 2.45) is 5.10 Å². The van der Waals surface area contributed by atoms with Crippen LogP contribution in [0.4, 0.5) is 0 Å². The van der Waals surface area contributed by atoms with Crippen molar-refractivity contribution in [3.8, 4) is 17.2 Å². The van der Waals surface area contributed by atoms with Crippen LogP contribution in [0.2, 0.25) is 0 Å². The fraction of sp³-hybridized carbons (Fsp3) is 0.440. The molecule has 2 aromatic carbocycles. The summed E-state index contributed by atoms with van der Waals surface area (Å²) in [5.74, 6) is 2.14. The summed E-state index contributed by atoms with van der Waals surface area (Å²) >= 11 is 0. The maximum atomic E-state index is 13.4. The van der Waals surface area contributed by atoms with Crippen LogP contribution in [0.15, 0.2) is 47.6 Å². The lowest BCUT2D eigenvalue weighted by Crippen LogP contribution is -2.40. The van der Waals surface area contributed by atoms with Crippen molar-refractivity contribution in [3.63, 3.8) is 0 Å². The third-order valence-corrected chi connectivity index (χ3v) is 6.19. The fourth-order valence-electron chi connectivity index (χ4n) is 4.50. The van der Waals surface area contributed by atoms with Gasteiger partial charge in [0.1, 0.15) is 17.2 Å². The van der Waals surface area contributed by atoms with Crippen LogP contribution in [0.1, 0.15) is 42.9 Å². The summed E-state index contributed by atoms with van der Waals surface area (Å²) in [4.78, 5) is 15.7. The molecule has 2 aliphatic rings. The molecule has 0 spiro atoms. The van der Waals surface area contributed by atoms with Gasteiger partial charge in [0, 0.05) is 23.6 Å². The Kier molecular flexibility index (Phi) is 6.95. The molecule has 32 heavy (non-hydrogen) atoms. The lowest BCUT2D eigenvalue weighted by molar-refractivity contribution is -0.134. The van der Waals surface area contributed by atoms with Gasteiger partial charge >= 0.3 is 0 Å². The second-order valence-electron chi connectivity index (χ2n) is 8.15. The molecule has 0 unspecified atom stereocenters.